The quantitative estimate of drug-likeness (QED) is 0.461. The van der Waals surface area contributed by atoms with Gasteiger partial charge in [0.25, 0.3) is 15.9 Å². The SMILES string of the molecule is CCn1ncc2c(NC3CCOCC3)c(C(=O)Nc3cccc(S(=O)(=O)NC(C)=O)c3)cnc21. The molecule has 3 aromatic rings. The number of hydrogen-bond donors (Lipinski definition) is 3. The van der Waals surface area contributed by atoms with Gasteiger partial charge in [-0.2, -0.15) is 5.10 Å². The predicted octanol–water partition coefficient (Wildman–Crippen LogP) is 2.12. The molecule has 12 heteroatoms. The summed E-state index contributed by atoms with van der Waals surface area (Å²) < 4.78 is 33.7. The first kappa shape index (κ1) is 23.6. The van der Waals surface area contributed by atoms with E-state index < -0.39 is 21.8 Å². The first-order valence-electron chi connectivity index (χ1n) is 10.9. The number of aryl methyl sites for hydroxylation is 1. The second kappa shape index (κ2) is 9.77. The van der Waals surface area contributed by atoms with E-state index in [4.69, 9.17) is 4.74 Å². The van der Waals surface area contributed by atoms with Crippen LogP contribution >= 0.6 is 0 Å². The molecule has 0 unspecified atom stereocenters. The number of ether oxygens (including phenoxy) is 1. The molecule has 180 valence electrons. The van der Waals surface area contributed by atoms with Crippen molar-refractivity contribution in [3.63, 3.8) is 0 Å². The molecule has 0 aliphatic carbocycles. The molecule has 34 heavy (non-hydrogen) atoms. The minimum atomic E-state index is -4.04. The number of sulfonamides is 1. The summed E-state index contributed by atoms with van der Waals surface area (Å²) in [6, 6.07) is 5.80. The number of rotatable bonds is 7. The summed E-state index contributed by atoms with van der Waals surface area (Å²) in [6.07, 6.45) is 4.78. The monoisotopic (exact) mass is 486 g/mol. The van der Waals surface area contributed by atoms with Crippen molar-refractivity contribution in [1.82, 2.24) is 19.5 Å². The number of amides is 2. The number of carbonyl (C=O) groups is 2. The molecule has 1 aliphatic heterocycles. The van der Waals surface area contributed by atoms with Gasteiger partial charge in [0.15, 0.2) is 5.65 Å². The number of nitrogens with one attached hydrogen (secondary N) is 3. The highest BCUT2D eigenvalue weighted by molar-refractivity contribution is 7.90. The van der Waals surface area contributed by atoms with Gasteiger partial charge in [0.1, 0.15) is 0 Å². The first-order chi connectivity index (χ1) is 16.3. The number of fused-ring (bicyclic) bond motifs is 1. The molecule has 0 radical (unpaired) electrons. The molecule has 1 aliphatic rings. The fourth-order valence-electron chi connectivity index (χ4n) is 3.82. The maximum absolute atomic E-state index is 13.3. The Morgan fingerprint density at radius 1 is 1.21 bits per heavy atom. The predicted molar refractivity (Wildman–Crippen MR) is 126 cm³/mol. The lowest BCUT2D eigenvalue weighted by molar-refractivity contribution is -0.117. The van der Waals surface area contributed by atoms with E-state index in [0.29, 0.717) is 36.7 Å². The van der Waals surface area contributed by atoms with Gasteiger partial charge in [0.05, 0.1) is 27.7 Å². The number of benzene rings is 1. The molecular weight excluding hydrogens is 460 g/mol. The minimum Gasteiger partial charge on any atom is -0.381 e. The normalized spacial score (nSPS) is 14.6. The first-order valence-corrected chi connectivity index (χ1v) is 12.4. The van der Waals surface area contributed by atoms with Gasteiger partial charge in [0, 0.05) is 44.6 Å². The van der Waals surface area contributed by atoms with Crippen LogP contribution in [0.15, 0.2) is 41.6 Å². The Hall–Kier alpha value is -3.51. The number of pyridine rings is 1. The van der Waals surface area contributed by atoms with Crippen LogP contribution in [0.1, 0.15) is 37.0 Å². The molecule has 11 nitrogen and oxygen atoms in total. The van der Waals surface area contributed by atoms with Crippen LogP contribution in [0, 0.1) is 0 Å². The molecule has 4 rings (SSSR count). The van der Waals surface area contributed by atoms with Crippen LogP contribution in [0.2, 0.25) is 0 Å². The average molecular weight is 487 g/mol. The van der Waals surface area contributed by atoms with Crippen molar-refractivity contribution in [2.45, 2.75) is 44.2 Å². The van der Waals surface area contributed by atoms with Crippen LogP contribution < -0.4 is 15.4 Å². The highest BCUT2D eigenvalue weighted by Crippen LogP contribution is 2.29. The van der Waals surface area contributed by atoms with Crippen molar-refractivity contribution in [3.8, 4) is 0 Å². The topological polar surface area (TPSA) is 144 Å². The lowest BCUT2D eigenvalue weighted by Gasteiger charge is -2.25. The third-order valence-corrected chi connectivity index (χ3v) is 6.89. The molecule has 2 aromatic heterocycles. The van der Waals surface area contributed by atoms with Crippen LogP contribution in [-0.4, -0.2) is 54.3 Å². The van der Waals surface area contributed by atoms with Gasteiger partial charge in [-0.25, -0.2) is 22.8 Å². The molecule has 0 spiro atoms. The molecule has 0 bridgehead atoms. The van der Waals surface area contributed by atoms with Crippen molar-refractivity contribution >= 4 is 44.2 Å². The van der Waals surface area contributed by atoms with Gasteiger partial charge in [0.2, 0.25) is 5.91 Å². The number of anilines is 2. The van der Waals surface area contributed by atoms with E-state index in [0.717, 1.165) is 25.2 Å². The molecule has 3 heterocycles. The van der Waals surface area contributed by atoms with Crippen molar-refractivity contribution in [3.05, 3.63) is 42.2 Å². The van der Waals surface area contributed by atoms with E-state index in [9.17, 15) is 18.0 Å². The molecule has 0 atom stereocenters. The van der Waals surface area contributed by atoms with Crippen molar-refractivity contribution in [2.75, 3.05) is 23.8 Å². The standard InChI is InChI=1S/C22H26N6O5S/c1-3-28-21-18(13-24-28)20(25-15-7-9-33-10-8-15)19(12-23-21)22(30)26-16-5-4-6-17(11-16)34(31,32)27-14(2)29/h4-6,11-13,15H,3,7-10H2,1-2H3,(H,23,25)(H,26,30)(H,27,29). The number of aromatic nitrogens is 3. The second-order valence-corrected chi connectivity index (χ2v) is 9.60. The Bertz CT molecular complexity index is 1330. The van der Waals surface area contributed by atoms with Gasteiger partial charge in [-0.15, -0.1) is 0 Å². The average Bonchev–Trinajstić information content (AvgIpc) is 3.23. The van der Waals surface area contributed by atoms with E-state index in [1.807, 2.05) is 11.6 Å². The van der Waals surface area contributed by atoms with E-state index >= 15 is 0 Å². The van der Waals surface area contributed by atoms with Crippen LogP contribution in [0.3, 0.4) is 0 Å². The maximum atomic E-state index is 13.3. The zero-order valence-corrected chi connectivity index (χ0v) is 19.7. The van der Waals surface area contributed by atoms with E-state index in [-0.39, 0.29) is 16.6 Å². The fraction of sp³-hybridized carbons (Fsp3) is 0.364. The summed E-state index contributed by atoms with van der Waals surface area (Å²) in [5.41, 5.74) is 1.86. The van der Waals surface area contributed by atoms with Gasteiger partial charge in [-0.05, 0) is 38.0 Å². The fourth-order valence-corrected chi connectivity index (χ4v) is 4.86. The summed E-state index contributed by atoms with van der Waals surface area (Å²) in [5.74, 6) is -1.16. The zero-order chi connectivity index (χ0) is 24.3. The minimum absolute atomic E-state index is 0.127. The van der Waals surface area contributed by atoms with Crippen LogP contribution in [0.5, 0.6) is 0 Å². The molecular formula is C22H26N6O5S. The lowest BCUT2D eigenvalue weighted by atomic mass is 10.1. The van der Waals surface area contributed by atoms with Gasteiger partial charge < -0.3 is 15.4 Å². The highest BCUT2D eigenvalue weighted by atomic mass is 32.2. The molecule has 3 N–H and O–H groups in total. The van der Waals surface area contributed by atoms with Crippen molar-refractivity contribution in [2.24, 2.45) is 0 Å². The Balaban J connectivity index is 1.66. The molecule has 1 aromatic carbocycles. The molecule has 2 amide bonds. The van der Waals surface area contributed by atoms with Crippen LogP contribution in [-0.2, 0) is 26.1 Å². The summed E-state index contributed by atoms with van der Waals surface area (Å²) in [6.45, 7) is 4.98. The largest absolute Gasteiger partial charge is 0.381 e. The molecule has 1 fully saturated rings. The lowest BCUT2D eigenvalue weighted by Crippen LogP contribution is -2.29. The third-order valence-electron chi connectivity index (χ3n) is 5.46. The second-order valence-electron chi connectivity index (χ2n) is 7.92. The van der Waals surface area contributed by atoms with Gasteiger partial charge in [-0.3, -0.25) is 9.59 Å². The van der Waals surface area contributed by atoms with Crippen molar-refractivity contribution < 1.29 is 22.7 Å². The summed E-state index contributed by atoms with van der Waals surface area (Å²) >= 11 is 0. The van der Waals surface area contributed by atoms with E-state index in [2.05, 4.69) is 20.7 Å². The Morgan fingerprint density at radius 2 is 1.97 bits per heavy atom. The summed E-state index contributed by atoms with van der Waals surface area (Å²) in [7, 11) is -4.04. The molecule has 0 saturated carbocycles. The Kier molecular flexibility index (Phi) is 6.80. The molecule has 1 saturated heterocycles. The third kappa shape index (κ3) is 5.02. The summed E-state index contributed by atoms with van der Waals surface area (Å²) in [5, 5.41) is 11.3. The number of hydrogen-bond acceptors (Lipinski definition) is 8. The van der Waals surface area contributed by atoms with Gasteiger partial charge >= 0.3 is 0 Å². The maximum Gasteiger partial charge on any atom is 0.264 e. The van der Waals surface area contributed by atoms with Gasteiger partial charge in [-0.1, -0.05) is 6.07 Å². The zero-order valence-electron chi connectivity index (χ0n) is 18.9. The Morgan fingerprint density at radius 3 is 2.68 bits per heavy atom. The van der Waals surface area contributed by atoms with E-state index in [1.165, 1.54) is 24.4 Å². The smallest absolute Gasteiger partial charge is 0.264 e. The van der Waals surface area contributed by atoms with Crippen molar-refractivity contribution in [1.29, 1.82) is 0 Å². The summed E-state index contributed by atoms with van der Waals surface area (Å²) in [4.78, 5) is 28.8. The Labute approximate surface area is 196 Å². The van der Waals surface area contributed by atoms with Crippen LogP contribution in [0.4, 0.5) is 11.4 Å². The number of carbonyl (C=O) groups excluding carboxylic acids is 2. The highest BCUT2D eigenvalue weighted by Gasteiger charge is 2.23. The van der Waals surface area contributed by atoms with E-state index in [1.54, 1.807) is 16.9 Å². The number of nitrogens with zero attached hydrogens (tertiary/aromatic N) is 3. The van der Waals surface area contributed by atoms with Crippen LogP contribution in [0.25, 0.3) is 11.0 Å².